The topological polar surface area (TPSA) is 50.2 Å². The molecular weight excluding hydrogens is 360 g/mol. The lowest BCUT2D eigenvalue weighted by Gasteiger charge is -2.37. The second-order valence-electron chi connectivity index (χ2n) is 7.58. The van der Waals surface area contributed by atoms with Gasteiger partial charge in [-0.25, -0.2) is 4.68 Å². The van der Waals surface area contributed by atoms with Crippen LogP contribution in [-0.4, -0.2) is 40.9 Å². The van der Waals surface area contributed by atoms with Crippen LogP contribution < -0.4 is 10.9 Å². The van der Waals surface area contributed by atoms with Gasteiger partial charge in [0, 0.05) is 37.6 Å². The molecule has 0 bridgehead atoms. The average Bonchev–Trinajstić information content (AvgIpc) is 2.79. The minimum atomic E-state index is -0.0139. The average molecular weight is 384 g/mol. The molecule has 0 spiro atoms. The Morgan fingerprint density at radius 3 is 2.55 bits per heavy atom. The zero-order valence-corrected chi connectivity index (χ0v) is 16.3. The van der Waals surface area contributed by atoms with Crippen LogP contribution in [0.2, 0.25) is 0 Å². The molecule has 29 heavy (non-hydrogen) atoms. The Hall–Kier alpha value is -3.02. The first-order chi connectivity index (χ1) is 14.3. The minimum Gasteiger partial charge on any atom is -0.314 e. The van der Waals surface area contributed by atoms with Gasteiger partial charge in [-0.2, -0.15) is 5.10 Å². The van der Waals surface area contributed by atoms with Gasteiger partial charge in [-0.05, 0) is 22.4 Å². The maximum atomic E-state index is 12.8. The summed E-state index contributed by atoms with van der Waals surface area (Å²) < 4.78 is 1.60. The Kier molecular flexibility index (Phi) is 4.84. The molecule has 1 unspecified atom stereocenters. The Morgan fingerprint density at radius 1 is 0.897 bits per heavy atom. The Balaban J connectivity index is 1.43. The van der Waals surface area contributed by atoms with Gasteiger partial charge in [0.2, 0.25) is 0 Å². The van der Waals surface area contributed by atoms with Crippen molar-refractivity contribution in [3.8, 4) is 0 Å². The van der Waals surface area contributed by atoms with Gasteiger partial charge in [0.05, 0.1) is 18.1 Å². The standard InChI is InChI=1S/C24H24N4O/c29-24-21-10-4-2-7-19(21)16-26-28(24)15-14-27-13-12-25-17-23(27)22-11-5-8-18-6-1-3-9-20(18)22/h1-11,16,23,25H,12-15,17H2. The molecule has 1 N–H and O–H groups in total. The van der Waals surface area contributed by atoms with E-state index in [1.165, 1.54) is 16.3 Å². The van der Waals surface area contributed by atoms with Gasteiger partial charge < -0.3 is 5.32 Å². The zero-order valence-electron chi connectivity index (χ0n) is 16.3. The summed E-state index contributed by atoms with van der Waals surface area (Å²) in [5, 5.41) is 12.1. The Labute approximate surface area is 169 Å². The molecule has 5 rings (SSSR count). The third kappa shape index (κ3) is 3.43. The molecule has 2 heterocycles. The zero-order chi connectivity index (χ0) is 19.6. The van der Waals surface area contributed by atoms with Crippen LogP contribution >= 0.6 is 0 Å². The molecule has 1 fully saturated rings. The van der Waals surface area contributed by atoms with Crippen LogP contribution in [0.4, 0.5) is 0 Å². The summed E-state index contributed by atoms with van der Waals surface area (Å²) in [6, 6.07) is 23.0. The second kappa shape index (κ2) is 7.78. The largest absolute Gasteiger partial charge is 0.314 e. The molecule has 0 amide bonds. The number of piperazine rings is 1. The van der Waals surface area contributed by atoms with Crippen LogP contribution in [0.15, 0.2) is 77.7 Å². The lowest BCUT2D eigenvalue weighted by atomic mass is 9.96. The van der Waals surface area contributed by atoms with Gasteiger partial charge in [0.15, 0.2) is 0 Å². The van der Waals surface area contributed by atoms with Crippen molar-refractivity contribution < 1.29 is 0 Å². The van der Waals surface area contributed by atoms with Crippen LogP contribution in [0.1, 0.15) is 11.6 Å². The SMILES string of the molecule is O=c1c2ccccc2cnn1CCN1CCNCC1c1cccc2ccccc12. The Morgan fingerprint density at radius 2 is 1.66 bits per heavy atom. The first-order valence-corrected chi connectivity index (χ1v) is 10.2. The van der Waals surface area contributed by atoms with E-state index in [-0.39, 0.29) is 11.6 Å². The van der Waals surface area contributed by atoms with Gasteiger partial charge in [0.25, 0.3) is 5.56 Å². The summed E-state index contributed by atoms with van der Waals surface area (Å²) in [7, 11) is 0. The number of fused-ring (bicyclic) bond motifs is 2. The van der Waals surface area contributed by atoms with Crippen LogP contribution in [0.5, 0.6) is 0 Å². The van der Waals surface area contributed by atoms with Crippen LogP contribution in [0, 0.1) is 0 Å². The highest BCUT2D eigenvalue weighted by Gasteiger charge is 2.25. The molecule has 146 valence electrons. The van der Waals surface area contributed by atoms with Gasteiger partial charge in [-0.15, -0.1) is 0 Å². The van der Waals surface area contributed by atoms with E-state index in [2.05, 4.69) is 57.8 Å². The van der Waals surface area contributed by atoms with Crippen molar-refractivity contribution in [3.05, 3.63) is 88.8 Å². The quantitative estimate of drug-likeness (QED) is 0.587. The van der Waals surface area contributed by atoms with Crippen molar-refractivity contribution in [2.75, 3.05) is 26.2 Å². The number of hydrogen-bond acceptors (Lipinski definition) is 4. The van der Waals surface area contributed by atoms with Crippen LogP contribution in [-0.2, 0) is 6.54 Å². The summed E-state index contributed by atoms with van der Waals surface area (Å²) in [5.41, 5.74) is 1.33. The predicted molar refractivity (Wildman–Crippen MR) is 117 cm³/mol. The van der Waals surface area contributed by atoms with Gasteiger partial charge >= 0.3 is 0 Å². The van der Waals surface area contributed by atoms with E-state index in [4.69, 9.17) is 0 Å². The van der Waals surface area contributed by atoms with E-state index in [0.29, 0.717) is 6.54 Å². The minimum absolute atomic E-state index is 0.0139. The molecule has 0 saturated carbocycles. The molecule has 4 aromatic rings. The molecule has 5 nitrogen and oxygen atoms in total. The first-order valence-electron chi connectivity index (χ1n) is 10.2. The normalized spacial score (nSPS) is 17.7. The highest BCUT2D eigenvalue weighted by molar-refractivity contribution is 5.86. The van der Waals surface area contributed by atoms with E-state index < -0.39 is 0 Å². The molecule has 0 aliphatic carbocycles. The number of nitrogens with one attached hydrogen (secondary N) is 1. The molecule has 1 aliphatic heterocycles. The number of rotatable bonds is 4. The lowest BCUT2D eigenvalue weighted by molar-refractivity contribution is 0.154. The van der Waals surface area contributed by atoms with Crippen molar-refractivity contribution in [1.29, 1.82) is 0 Å². The van der Waals surface area contributed by atoms with Crippen LogP contribution in [0.25, 0.3) is 21.5 Å². The summed E-state index contributed by atoms with van der Waals surface area (Å²) in [5.74, 6) is 0. The number of hydrogen-bond donors (Lipinski definition) is 1. The highest BCUT2D eigenvalue weighted by atomic mass is 16.1. The third-order valence-electron chi connectivity index (χ3n) is 5.90. The molecule has 0 radical (unpaired) electrons. The summed E-state index contributed by atoms with van der Waals surface area (Å²) in [6.45, 7) is 4.21. The van der Waals surface area contributed by atoms with Crippen molar-refractivity contribution in [3.63, 3.8) is 0 Å². The van der Waals surface area contributed by atoms with Crippen LogP contribution in [0.3, 0.4) is 0 Å². The van der Waals surface area contributed by atoms with Gasteiger partial charge in [-0.3, -0.25) is 9.69 Å². The summed E-state index contributed by atoms with van der Waals surface area (Å²) >= 11 is 0. The van der Waals surface area contributed by atoms with Crippen molar-refractivity contribution in [2.24, 2.45) is 0 Å². The number of aromatic nitrogens is 2. The van der Waals surface area contributed by atoms with E-state index in [1.54, 1.807) is 10.9 Å². The second-order valence-corrected chi connectivity index (χ2v) is 7.58. The fourth-order valence-corrected chi connectivity index (χ4v) is 4.37. The summed E-state index contributed by atoms with van der Waals surface area (Å²) in [6.07, 6.45) is 1.79. The molecule has 5 heteroatoms. The smallest absolute Gasteiger partial charge is 0.274 e. The van der Waals surface area contributed by atoms with E-state index in [0.717, 1.165) is 37.0 Å². The van der Waals surface area contributed by atoms with E-state index in [1.807, 2.05) is 24.3 Å². The number of nitrogens with zero attached hydrogens (tertiary/aromatic N) is 3. The fourth-order valence-electron chi connectivity index (χ4n) is 4.37. The fraction of sp³-hybridized carbons (Fsp3) is 0.250. The maximum absolute atomic E-state index is 12.8. The van der Waals surface area contributed by atoms with E-state index in [9.17, 15) is 4.79 Å². The molecule has 1 atom stereocenters. The first kappa shape index (κ1) is 18.0. The van der Waals surface area contributed by atoms with Crippen molar-refractivity contribution in [1.82, 2.24) is 20.0 Å². The molecular formula is C24H24N4O. The van der Waals surface area contributed by atoms with Gasteiger partial charge in [0.1, 0.15) is 0 Å². The summed E-state index contributed by atoms with van der Waals surface area (Å²) in [4.78, 5) is 15.3. The number of benzene rings is 3. The van der Waals surface area contributed by atoms with Gasteiger partial charge in [-0.1, -0.05) is 60.7 Å². The molecule has 1 aromatic heterocycles. The molecule has 3 aromatic carbocycles. The predicted octanol–water partition coefficient (Wildman–Crippen LogP) is 3.20. The van der Waals surface area contributed by atoms with Crippen molar-refractivity contribution in [2.45, 2.75) is 12.6 Å². The molecule has 1 saturated heterocycles. The van der Waals surface area contributed by atoms with Crippen molar-refractivity contribution >= 4 is 21.5 Å². The van der Waals surface area contributed by atoms with E-state index >= 15 is 0 Å². The Bertz CT molecular complexity index is 1210. The third-order valence-corrected chi connectivity index (χ3v) is 5.90. The highest BCUT2D eigenvalue weighted by Crippen LogP contribution is 2.29. The monoisotopic (exact) mass is 384 g/mol. The molecule has 1 aliphatic rings. The maximum Gasteiger partial charge on any atom is 0.274 e. The lowest BCUT2D eigenvalue weighted by Crippen LogP contribution is -2.47.